The largest absolute Gasteiger partial charge is 0.490 e. The number of carbonyl (C=O) groups is 1. The molecule has 0 spiro atoms. The number of carbonyl (C=O) groups excluding carboxylic acids is 1. The summed E-state index contributed by atoms with van der Waals surface area (Å²) >= 11 is 6.24. The molecule has 0 atom stereocenters. The number of aromatic nitrogens is 4. The number of aryl methyl sites for hydroxylation is 2. The third kappa shape index (κ3) is 3.53. The summed E-state index contributed by atoms with van der Waals surface area (Å²) in [6.45, 7) is 1.28. The van der Waals surface area contributed by atoms with Crippen LogP contribution in [0.3, 0.4) is 0 Å². The molecule has 0 fully saturated rings. The molecule has 3 aromatic rings. The molecule has 0 bridgehead atoms. The molecule has 0 radical (unpaired) electrons. The first-order valence-corrected chi connectivity index (χ1v) is 9.17. The van der Waals surface area contributed by atoms with Crippen molar-refractivity contribution in [3.8, 4) is 11.5 Å². The van der Waals surface area contributed by atoms with Crippen LogP contribution >= 0.6 is 11.6 Å². The van der Waals surface area contributed by atoms with E-state index in [4.69, 9.17) is 21.1 Å². The summed E-state index contributed by atoms with van der Waals surface area (Å²) in [5.41, 5.74) is 0.702. The summed E-state index contributed by atoms with van der Waals surface area (Å²) < 4.78 is 14.1. The van der Waals surface area contributed by atoms with Crippen LogP contribution in [0.5, 0.6) is 11.5 Å². The van der Waals surface area contributed by atoms with Gasteiger partial charge in [-0.2, -0.15) is 5.10 Å². The van der Waals surface area contributed by atoms with Gasteiger partial charge in [0.05, 0.1) is 36.4 Å². The molecular weight excluding hydrogens is 386 g/mol. The summed E-state index contributed by atoms with van der Waals surface area (Å²) in [7, 11) is 1.71. The van der Waals surface area contributed by atoms with Crippen LogP contribution in [0.2, 0.25) is 5.02 Å². The number of nitrogens with zero attached hydrogens (tertiary/aromatic N) is 4. The second-order valence-electron chi connectivity index (χ2n) is 6.38. The van der Waals surface area contributed by atoms with E-state index in [9.17, 15) is 9.59 Å². The number of anilines is 1. The Balaban J connectivity index is 1.46. The summed E-state index contributed by atoms with van der Waals surface area (Å²) in [5.74, 6) is 0.817. The lowest BCUT2D eigenvalue weighted by Crippen LogP contribution is -2.23. The normalized spacial score (nSPS) is 13.4. The molecule has 1 aromatic carbocycles. The van der Waals surface area contributed by atoms with Crippen LogP contribution in [0, 0.1) is 0 Å². The van der Waals surface area contributed by atoms with Crippen LogP contribution in [0.25, 0.3) is 11.0 Å². The van der Waals surface area contributed by atoms with Crippen molar-refractivity contribution in [2.75, 3.05) is 18.5 Å². The van der Waals surface area contributed by atoms with Crippen molar-refractivity contribution in [3.05, 3.63) is 40.0 Å². The monoisotopic (exact) mass is 403 g/mol. The zero-order valence-electron chi connectivity index (χ0n) is 15.1. The Kier molecular flexibility index (Phi) is 4.91. The summed E-state index contributed by atoms with van der Waals surface area (Å²) in [6, 6.07) is 3.28. The predicted octanol–water partition coefficient (Wildman–Crippen LogP) is 1.97. The highest BCUT2D eigenvalue weighted by Crippen LogP contribution is 2.37. The van der Waals surface area contributed by atoms with Crippen LogP contribution in [-0.2, 0) is 18.4 Å². The van der Waals surface area contributed by atoms with Gasteiger partial charge in [0.1, 0.15) is 5.39 Å². The maximum Gasteiger partial charge on any atom is 0.264 e. The van der Waals surface area contributed by atoms with Gasteiger partial charge in [-0.1, -0.05) is 11.6 Å². The average molecular weight is 404 g/mol. The van der Waals surface area contributed by atoms with E-state index in [1.807, 2.05) is 0 Å². The average Bonchev–Trinajstić information content (AvgIpc) is 2.90. The minimum atomic E-state index is -0.283. The van der Waals surface area contributed by atoms with Crippen LogP contribution < -0.4 is 20.3 Å². The van der Waals surface area contributed by atoms with Gasteiger partial charge in [-0.05, 0) is 0 Å². The van der Waals surface area contributed by atoms with Gasteiger partial charge in [0.25, 0.3) is 5.56 Å². The van der Waals surface area contributed by atoms with Crippen LogP contribution in [0.4, 0.5) is 5.69 Å². The second-order valence-corrected chi connectivity index (χ2v) is 6.78. The fourth-order valence-electron chi connectivity index (χ4n) is 2.94. The number of fused-ring (bicyclic) bond motifs is 2. The highest BCUT2D eigenvalue weighted by Gasteiger charge is 2.16. The highest BCUT2D eigenvalue weighted by atomic mass is 35.5. The molecule has 0 aliphatic carbocycles. The van der Waals surface area contributed by atoms with Crippen LogP contribution in [-0.4, -0.2) is 38.5 Å². The molecule has 1 amide bonds. The van der Waals surface area contributed by atoms with Crippen molar-refractivity contribution < 1.29 is 14.3 Å². The number of ether oxygens (including phenoxy) is 2. The van der Waals surface area contributed by atoms with Crippen molar-refractivity contribution in [1.29, 1.82) is 0 Å². The van der Waals surface area contributed by atoms with E-state index in [1.165, 1.54) is 21.8 Å². The quantitative estimate of drug-likeness (QED) is 0.714. The number of benzene rings is 1. The van der Waals surface area contributed by atoms with Crippen molar-refractivity contribution >= 4 is 34.2 Å². The van der Waals surface area contributed by atoms with E-state index >= 15 is 0 Å². The lowest BCUT2D eigenvalue weighted by Gasteiger charge is -2.12. The lowest BCUT2D eigenvalue weighted by molar-refractivity contribution is -0.116. The third-order valence-electron chi connectivity index (χ3n) is 4.41. The molecule has 28 heavy (non-hydrogen) atoms. The molecule has 9 nitrogen and oxygen atoms in total. The molecule has 146 valence electrons. The Labute approximate surface area is 164 Å². The lowest BCUT2D eigenvalue weighted by atomic mass is 10.2. The Bertz CT molecular complexity index is 1110. The maximum absolute atomic E-state index is 12.4. The number of nitrogens with one attached hydrogen (secondary N) is 1. The van der Waals surface area contributed by atoms with Gasteiger partial charge in [-0.3, -0.25) is 18.8 Å². The number of halogens is 1. The SMILES string of the molecule is Cn1ncc2c(=O)n(CCC(=O)Nc3cc4c(cc3Cl)OCCCO4)cnc21. The van der Waals surface area contributed by atoms with Crippen molar-refractivity contribution in [2.45, 2.75) is 19.4 Å². The number of amides is 1. The molecule has 3 heterocycles. The molecule has 0 saturated carbocycles. The van der Waals surface area contributed by atoms with Gasteiger partial charge >= 0.3 is 0 Å². The molecule has 0 unspecified atom stereocenters. The first-order chi connectivity index (χ1) is 13.5. The Morgan fingerprint density at radius 1 is 1.29 bits per heavy atom. The van der Waals surface area contributed by atoms with E-state index in [-0.39, 0.29) is 24.4 Å². The second kappa shape index (κ2) is 7.51. The first kappa shape index (κ1) is 18.3. The number of rotatable bonds is 4. The van der Waals surface area contributed by atoms with Crippen LogP contribution in [0.1, 0.15) is 12.8 Å². The first-order valence-electron chi connectivity index (χ1n) is 8.79. The Morgan fingerprint density at radius 2 is 2.04 bits per heavy atom. The topological polar surface area (TPSA) is 100 Å². The maximum atomic E-state index is 12.4. The molecule has 4 rings (SSSR count). The minimum Gasteiger partial charge on any atom is -0.490 e. The Morgan fingerprint density at radius 3 is 2.82 bits per heavy atom. The molecule has 1 aliphatic heterocycles. The summed E-state index contributed by atoms with van der Waals surface area (Å²) in [5, 5.41) is 7.55. The summed E-state index contributed by atoms with van der Waals surface area (Å²) in [6.07, 6.45) is 3.75. The smallest absolute Gasteiger partial charge is 0.264 e. The minimum absolute atomic E-state index is 0.0815. The number of hydrogen-bond acceptors (Lipinski definition) is 6. The highest BCUT2D eigenvalue weighted by molar-refractivity contribution is 6.34. The molecule has 1 aliphatic rings. The zero-order valence-corrected chi connectivity index (χ0v) is 15.9. The molecule has 10 heteroatoms. The van der Waals surface area contributed by atoms with E-state index in [2.05, 4.69) is 15.4 Å². The van der Waals surface area contributed by atoms with Gasteiger partial charge in [0, 0.05) is 38.6 Å². The van der Waals surface area contributed by atoms with Gasteiger partial charge in [-0.15, -0.1) is 0 Å². The van der Waals surface area contributed by atoms with Crippen molar-refractivity contribution in [2.24, 2.45) is 7.05 Å². The van der Waals surface area contributed by atoms with Gasteiger partial charge in [-0.25, -0.2) is 4.98 Å². The zero-order chi connectivity index (χ0) is 19.7. The fraction of sp³-hybridized carbons (Fsp3) is 0.333. The van der Waals surface area contributed by atoms with E-state index in [0.29, 0.717) is 46.5 Å². The Hall–Kier alpha value is -3.07. The number of hydrogen-bond donors (Lipinski definition) is 1. The fourth-order valence-corrected chi connectivity index (χ4v) is 3.14. The molecule has 0 saturated heterocycles. The van der Waals surface area contributed by atoms with Gasteiger partial charge < -0.3 is 14.8 Å². The van der Waals surface area contributed by atoms with Crippen LogP contribution in [0.15, 0.2) is 29.5 Å². The van der Waals surface area contributed by atoms with Gasteiger partial charge in [0.2, 0.25) is 5.91 Å². The van der Waals surface area contributed by atoms with Crippen molar-refractivity contribution in [3.63, 3.8) is 0 Å². The van der Waals surface area contributed by atoms with E-state index in [1.54, 1.807) is 19.2 Å². The summed E-state index contributed by atoms with van der Waals surface area (Å²) in [4.78, 5) is 29.0. The predicted molar refractivity (Wildman–Crippen MR) is 103 cm³/mol. The molecular formula is C18H18ClN5O4. The third-order valence-corrected chi connectivity index (χ3v) is 4.72. The standard InChI is InChI=1S/C18H18ClN5O4/c1-23-17-11(9-21-23)18(26)24(10-20-17)4-3-16(25)22-13-8-15-14(7-12(13)19)27-5-2-6-28-15/h7-10H,2-6H2,1H3,(H,22,25). The van der Waals surface area contributed by atoms with Gasteiger partial charge in [0.15, 0.2) is 17.1 Å². The molecule has 2 aromatic heterocycles. The van der Waals surface area contributed by atoms with E-state index in [0.717, 1.165) is 6.42 Å². The molecule has 1 N–H and O–H groups in total. The van der Waals surface area contributed by atoms with E-state index < -0.39 is 0 Å². The van der Waals surface area contributed by atoms with Crippen molar-refractivity contribution in [1.82, 2.24) is 19.3 Å².